The Labute approximate surface area is 91.2 Å². The number of nitrogens with zero attached hydrogens (tertiary/aromatic N) is 1. The van der Waals surface area contributed by atoms with Crippen LogP contribution >= 0.6 is 0 Å². The van der Waals surface area contributed by atoms with Gasteiger partial charge in [0.2, 0.25) is 0 Å². The summed E-state index contributed by atoms with van der Waals surface area (Å²) in [6.45, 7) is 1.32. The fourth-order valence-corrected chi connectivity index (χ4v) is 1.11. The largest absolute Gasteiger partial charge is 0.295 e. The van der Waals surface area contributed by atoms with Crippen molar-refractivity contribution < 1.29 is 14.5 Å². The molecule has 1 rings (SSSR count). The normalized spacial score (nSPS) is 8.81. The van der Waals surface area contributed by atoms with Crippen LogP contribution < -0.4 is 0 Å². The molecule has 5 heteroatoms. The van der Waals surface area contributed by atoms with Crippen LogP contribution in [0, 0.1) is 22.0 Å². The molecule has 0 aliphatic carbocycles. The summed E-state index contributed by atoms with van der Waals surface area (Å²) in [4.78, 5) is 31.1. The van der Waals surface area contributed by atoms with E-state index in [4.69, 9.17) is 0 Å². The quantitative estimate of drug-likeness (QED) is 0.246. The monoisotopic (exact) mass is 217 g/mol. The van der Waals surface area contributed by atoms with Gasteiger partial charge >= 0.3 is 0 Å². The van der Waals surface area contributed by atoms with E-state index >= 15 is 0 Å². The summed E-state index contributed by atoms with van der Waals surface area (Å²) in [6.07, 6.45) is 0.350. The molecule has 1 aromatic rings. The average molecular weight is 217 g/mol. The molecule has 0 saturated heterocycles. The highest BCUT2D eigenvalue weighted by molar-refractivity contribution is 5.95. The Hall–Kier alpha value is -2.48. The summed E-state index contributed by atoms with van der Waals surface area (Å²) < 4.78 is 0. The second-order valence-electron chi connectivity index (χ2n) is 2.93. The number of hydrogen-bond acceptors (Lipinski definition) is 4. The molecular formula is C11H7NO4. The van der Waals surface area contributed by atoms with E-state index in [1.807, 2.05) is 0 Å². The highest BCUT2D eigenvalue weighted by Crippen LogP contribution is 2.19. The lowest BCUT2D eigenvalue weighted by atomic mass is 10.1. The number of aldehydes is 1. The number of rotatable bonds is 2. The van der Waals surface area contributed by atoms with Gasteiger partial charge in [0.25, 0.3) is 5.69 Å². The minimum atomic E-state index is -0.638. The predicted octanol–water partition coefficient (Wildman–Crippen LogP) is 1.35. The molecular weight excluding hydrogens is 210 g/mol. The van der Waals surface area contributed by atoms with Crippen LogP contribution in [0.1, 0.15) is 22.8 Å². The first-order chi connectivity index (χ1) is 7.56. The smallest absolute Gasteiger partial charge is 0.285 e. The summed E-state index contributed by atoms with van der Waals surface area (Å²) in [5.41, 5.74) is 0.0764. The number of nitro benzene ring substituents is 1. The number of carbonyl (C=O) groups is 2. The summed E-state index contributed by atoms with van der Waals surface area (Å²) in [5, 5.41) is 10.7. The maximum absolute atomic E-state index is 11.0. The molecule has 0 aromatic heterocycles. The zero-order chi connectivity index (χ0) is 12.1. The van der Waals surface area contributed by atoms with E-state index in [-0.39, 0.29) is 22.6 Å². The van der Waals surface area contributed by atoms with Crippen molar-refractivity contribution >= 4 is 17.8 Å². The van der Waals surface area contributed by atoms with Gasteiger partial charge < -0.3 is 0 Å². The number of hydrogen-bond donors (Lipinski definition) is 0. The SMILES string of the molecule is CC(=O)c1ccc(C#CC=O)c([N+](=O)[O-])c1. The van der Waals surface area contributed by atoms with Crippen LogP contribution in [0.5, 0.6) is 0 Å². The fourth-order valence-electron chi connectivity index (χ4n) is 1.11. The molecule has 0 amide bonds. The second kappa shape index (κ2) is 4.84. The standard InChI is InChI=1S/C11H7NO4/c1-8(14)10-5-4-9(3-2-6-13)11(7-10)12(15)16/h4-7H,1H3. The van der Waals surface area contributed by atoms with Gasteiger partial charge in [0.1, 0.15) is 5.56 Å². The molecule has 1 aromatic carbocycles. The Morgan fingerprint density at radius 2 is 2.19 bits per heavy atom. The zero-order valence-electron chi connectivity index (χ0n) is 8.39. The lowest BCUT2D eigenvalue weighted by Gasteiger charge is -1.98. The van der Waals surface area contributed by atoms with Gasteiger partial charge in [0, 0.05) is 11.6 Å². The third kappa shape index (κ3) is 2.51. The van der Waals surface area contributed by atoms with Crippen LogP contribution in [0.25, 0.3) is 0 Å². The minimum absolute atomic E-state index is 0.113. The summed E-state index contributed by atoms with van der Waals surface area (Å²) in [7, 11) is 0. The number of Topliss-reactive ketones (excluding diaryl/α,β-unsaturated/α-hetero) is 1. The van der Waals surface area contributed by atoms with Gasteiger partial charge in [-0.1, -0.05) is 5.92 Å². The lowest BCUT2D eigenvalue weighted by molar-refractivity contribution is -0.385. The second-order valence-corrected chi connectivity index (χ2v) is 2.93. The van der Waals surface area contributed by atoms with E-state index in [1.54, 1.807) is 0 Å². The maximum Gasteiger partial charge on any atom is 0.285 e. The Kier molecular flexibility index (Phi) is 3.51. The van der Waals surface area contributed by atoms with Crippen molar-refractivity contribution in [1.29, 1.82) is 0 Å². The molecule has 0 saturated carbocycles. The Balaban J connectivity index is 3.35. The molecule has 0 radical (unpaired) electrons. The summed E-state index contributed by atoms with van der Waals surface area (Å²) in [5.74, 6) is 4.16. The van der Waals surface area contributed by atoms with Gasteiger partial charge in [-0.2, -0.15) is 0 Å². The van der Waals surface area contributed by atoms with Gasteiger partial charge in [-0.3, -0.25) is 19.7 Å². The van der Waals surface area contributed by atoms with Crippen molar-refractivity contribution in [3.8, 4) is 11.8 Å². The minimum Gasteiger partial charge on any atom is -0.295 e. The van der Waals surface area contributed by atoms with Crippen molar-refractivity contribution in [3.05, 3.63) is 39.4 Å². The van der Waals surface area contributed by atoms with Crippen LogP contribution in [0.15, 0.2) is 18.2 Å². The third-order valence-corrected chi connectivity index (χ3v) is 1.87. The number of benzene rings is 1. The highest BCUT2D eigenvalue weighted by atomic mass is 16.6. The zero-order valence-corrected chi connectivity index (χ0v) is 8.39. The van der Waals surface area contributed by atoms with E-state index in [1.165, 1.54) is 19.1 Å². The van der Waals surface area contributed by atoms with E-state index in [0.717, 1.165) is 6.07 Å². The van der Waals surface area contributed by atoms with Crippen LogP contribution in [0.2, 0.25) is 0 Å². The summed E-state index contributed by atoms with van der Waals surface area (Å²) in [6, 6.07) is 3.94. The molecule has 80 valence electrons. The maximum atomic E-state index is 11.0. The molecule has 16 heavy (non-hydrogen) atoms. The first kappa shape index (κ1) is 11.6. The Bertz CT molecular complexity index is 523. The number of nitro groups is 1. The topological polar surface area (TPSA) is 77.3 Å². The highest BCUT2D eigenvalue weighted by Gasteiger charge is 2.14. The molecule has 0 fully saturated rings. The van der Waals surface area contributed by atoms with E-state index in [2.05, 4.69) is 11.8 Å². The van der Waals surface area contributed by atoms with Crippen molar-refractivity contribution in [2.24, 2.45) is 0 Å². The number of ketones is 1. The van der Waals surface area contributed by atoms with Gasteiger partial charge in [-0.05, 0) is 25.0 Å². The first-order valence-corrected chi connectivity index (χ1v) is 4.31. The van der Waals surface area contributed by atoms with Gasteiger partial charge in [-0.15, -0.1) is 0 Å². The third-order valence-electron chi connectivity index (χ3n) is 1.87. The van der Waals surface area contributed by atoms with E-state index in [0.29, 0.717) is 6.29 Å². The summed E-state index contributed by atoms with van der Waals surface area (Å²) >= 11 is 0. The average Bonchev–Trinajstić information content (AvgIpc) is 2.25. The van der Waals surface area contributed by atoms with Crippen LogP contribution in [0.4, 0.5) is 5.69 Å². The van der Waals surface area contributed by atoms with Gasteiger partial charge in [0.05, 0.1) is 4.92 Å². The van der Waals surface area contributed by atoms with Crippen LogP contribution in [0.3, 0.4) is 0 Å². The molecule has 0 atom stereocenters. The lowest BCUT2D eigenvalue weighted by Crippen LogP contribution is -1.97. The first-order valence-electron chi connectivity index (χ1n) is 4.31. The molecule has 0 spiro atoms. The number of carbonyl (C=O) groups excluding carboxylic acids is 2. The van der Waals surface area contributed by atoms with Crippen molar-refractivity contribution in [1.82, 2.24) is 0 Å². The molecule has 0 unspecified atom stereocenters. The molecule has 0 aliphatic rings. The predicted molar refractivity (Wildman–Crippen MR) is 56.0 cm³/mol. The van der Waals surface area contributed by atoms with Gasteiger partial charge in [-0.25, -0.2) is 0 Å². The Morgan fingerprint density at radius 3 is 2.69 bits per heavy atom. The van der Waals surface area contributed by atoms with E-state index < -0.39 is 4.92 Å². The fraction of sp³-hybridized carbons (Fsp3) is 0.0909. The molecule has 0 aliphatic heterocycles. The van der Waals surface area contributed by atoms with Crippen molar-refractivity contribution in [3.63, 3.8) is 0 Å². The molecule has 0 heterocycles. The molecule has 0 N–H and O–H groups in total. The molecule has 0 bridgehead atoms. The van der Waals surface area contributed by atoms with Crippen LogP contribution in [-0.4, -0.2) is 17.0 Å². The van der Waals surface area contributed by atoms with Gasteiger partial charge in [0.15, 0.2) is 12.1 Å². The molecule has 5 nitrogen and oxygen atoms in total. The van der Waals surface area contributed by atoms with E-state index in [9.17, 15) is 19.7 Å². The van der Waals surface area contributed by atoms with Crippen molar-refractivity contribution in [2.45, 2.75) is 6.92 Å². The van der Waals surface area contributed by atoms with Crippen LogP contribution in [-0.2, 0) is 4.79 Å². The van der Waals surface area contributed by atoms with Crippen molar-refractivity contribution in [2.75, 3.05) is 0 Å². The Morgan fingerprint density at radius 1 is 1.50 bits per heavy atom.